The van der Waals surface area contributed by atoms with Gasteiger partial charge < -0.3 is 15.7 Å². The zero-order chi connectivity index (χ0) is 25.8. The molecule has 1 unspecified atom stereocenters. The summed E-state index contributed by atoms with van der Waals surface area (Å²) in [6.45, 7) is 1.96. The third-order valence-electron chi connectivity index (χ3n) is 6.93. The number of nitrogens with zero attached hydrogens (tertiary/aromatic N) is 3. The Hall–Kier alpha value is -4.20. The molecule has 8 heteroatoms. The lowest BCUT2D eigenvalue weighted by atomic mass is 9.95. The lowest BCUT2D eigenvalue weighted by Gasteiger charge is -2.24. The molecule has 0 aliphatic heterocycles. The largest absolute Gasteiger partial charge is 0.481 e. The highest BCUT2D eigenvalue weighted by Gasteiger charge is 2.22. The Balaban J connectivity index is 1.46. The fraction of sp³-hybridized carbons (Fsp3) is 0.310. The van der Waals surface area contributed by atoms with Crippen molar-refractivity contribution < 1.29 is 14.7 Å². The molecule has 1 amide bonds. The summed E-state index contributed by atoms with van der Waals surface area (Å²) in [6, 6.07) is 14.6. The number of aryl methyl sites for hydroxylation is 1. The van der Waals surface area contributed by atoms with Gasteiger partial charge in [0.2, 0.25) is 0 Å². The summed E-state index contributed by atoms with van der Waals surface area (Å²) in [7, 11) is 0. The number of rotatable bonds is 8. The molecule has 4 aromatic rings. The first-order valence-electron chi connectivity index (χ1n) is 12.8. The first-order valence-corrected chi connectivity index (χ1v) is 12.8. The average Bonchev–Trinajstić information content (AvgIpc) is 3.27. The van der Waals surface area contributed by atoms with Gasteiger partial charge in [0, 0.05) is 35.8 Å². The van der Waals surface area contributed by atoms with Gasteiger partial charge in [-0.15, -0.1) is 0 Å². The summed E-state index contributed by atoms with van der Waals surface area (Å²) < 4.78 is 1.97. The Labute approximate surface area is 215 Å². The monoisotopic (exact) mass is 497 g/mol. The van der Waals surface area contributed by atoms with Crippen LogP contribution < -0.4 is 10.6 Å². The number of carbonyl (C=O) groups excluding carboxylic acids is 1. The van der Waals surface area contributed by atoms with E-state index in [1.165, 1.54) is 19.3 Å². The van der Waals surface area contributed by atoms with Crippen molar-refractivity contribution in [1.29, 1.82) is 0 Å². The Morgan fingerprint density at radius 2 is 1.89 bits per heavy atom. The number of benzene rings is 1. The minimum atomic E-state index is -0.978. The van der Waals surface area contributed by atoms with Gasteiger partial charge in [0.1, 0.15) is 17.2 Å². The Morgan fingerprint density at radius 1 is 1.11 bits per heavy atom. The van der Waals surface area contributed by atoms with E-state index in [2.05, 4.69) is 15.6 Å². The van der Waals surface area contributed by atoms with Crippen molar-refractivity contribution in [3.05, 3.63) is 83.8 Å². The SMILES string of the molecule is Cc1ccc(C(CC(=O)O)NC(=O)c2ccn3c(NC4CCCCC4)c(-c4cccnc4)nc3c2)cc1. The second-order valence-corrected chi connectivity index (χ2v) is 9.71. The van der Waals surface area contributed by atoms with Crippen LogP contribution in [0.1, 0.15) is 66.1 Å². The Morgan fingerprint density at radius 3 is 2.59 bits per heavy atom. The summed E-state index contributed by atoms with van der Waals surface area (Å²) in [6.07, 6.45) is 11.1. The van der Waals surface area contributed by atoms with Crippen molar-refractivity contribution in [3.63, 3.8) is 0 Å². The minimum Gasteiger partial charge on any atom is -0.481 e. The van der Waals surface area contributed by atoms with E-state index in [4.69, 9.17) is 4.98 Å². The van der Waals surface area contributed by atoms with Crippen molar-refractivity contribution in [2.45, 2.75) is 57.5 Å². The van der Waals surface area contributed by atoms with Crippen LogP contribution in [0.4, 0.5) is 5.82 Å². The number of carboxylic acid groups (broad SMARTS) is 1. The summed E-state index contributed by atoms with van der Waals surface area (Å²) >= 11 is 0. The van der Waals surface area contributed by atoms with Crippen molar-refractivity contribution in [2.75, 3.05) is 5.32 Å². The summed E-state index contributed by atoms with van der Waals surface area (Å²) in [5.41, 5.74) is 4.56. The fourth-order valence-electron chi connectivity index (χ4n) is 4.94. The number of amides is 1. The topological polar surface area (TPSA) is 109 Å². The predicted octanol–water partition coefficient (Wildman–Crippen LogP) is 5.40. The molecule has 1 aliphatic rings. The van der Waals surface area contributed by atoms with Crippen molar-refractivity contribution in [1.82, 2.24) is 19.7 Å². The van der Waals surface area contributed by atoms with Crippen LogP contribution in [0.2, 0.25) is 0 Å². The maximum absolute atomic E-state index is 13.2. The summed E-state index contributed by atoms with van der Waals surface area (Å²) in [4.78, 5) is 33.9. The lowest BCUT2D eigenvalue weighted by molar-refractivity contribution is -0.137. The van der Waals surface area contributed by atoms with E-state index in [0.717, 1.165) is 41.0 Å². The molecule has 0 saturated heterocycles. The smallest absolute Gasteiger partial charge is 0.305 e. The number of fused-ring (bicyclic) bond motifs is 1. The van der Waals surface area contributed by atoms with E-state index in [0.29, 0.717) is 17.3 Å². The van der Waals surface area contributed by atoms with Crippen molar-refractivity contribution in [2.24, 2.45) is 0 Å². The molecule has 5 rings (SSSR count). The zero-order valence-corrected chi connectivity index (χ0v) is 20.9. The van der Waals surface area contributed by atoms with Gasteiger partial charge in [0.05, 0.1) is 12.5 Å². The molecule has 1 atom stereocenters. The van der Waals surface area contributed by atoms with Gasteiger partial charge >= 0.3 is 5.97 Å². The third-order valence-corrected chi connectivity index (χ3v) is 6.93. The molecule has 3 N–H and O–H groups in total. The highest BCUT2D eigenvalue weighted by molar-refractivity contribution is 5.96. The number of nitrogens with one attached hydrogen (secondary N) is 2. The molecule has 1 fully saturated rings. The van der Waals surface area contributed by atoms with Gasteiger partial charge in [-0.3, -0.25) is 19.0 Å². The van der Waals surface area contributed by atoms with Crippen LogP contribution in [-0.4, -0.2) is 37.4 Å². The number of aliphatic carboxylic acids is 1. The van der Waals surface area contributed by atoms with Crippen molar-refractivity contribution in [3.8, 4) is 11.3 Å². The molecular formula is C29H31N5O3. The second kappa shape index (κ2) is 10.8. The number of imidazole rings is 1. The van der Waals surface area contributed by atoms with Gasteiger partial charge in [0.25, 0.3) is 5.91 Å². The van der Waals surface area contributed by atoms with Crippen LogP contribution in [0, 0.1) is 6.92 Å². The molecule has 1 aromatic carbocycles. The number of hydrogen-bond donors (Lipinski definition) is 3. The second-order valence-electron chi connectivity index (χ2n) is 9.71. The third kappa shape index (κ3) is 5.63. The number of pyridine rings is 2. The van der Waals surface area contributed by atoms with Crippen LogP contribution in [-0.2, 0) is 4.79 Å². The van der Waals surface area contributed by atoms with Crippen LogP contribution in [0.3, 0.4) is 0 Å². The molecule has 8 nitrogen and oxygen atoms in total. The van der Waals surface area contributed by atoms with Gasteiger partial charge in [-0.2, -0.15) is 0 Å². The van der Waals surface area contributed by atoms with E-state index < -0.39 is 12.0 Å². The fourth-order valence-corrected chi connectivity index (χ4v) is 4.94. The lowest BCUT2D eigenvalue weighted by Crippen LogP contribution is -2.30. The number of aromatic nitrogens is 3. The number of carboxylic acids is 1. The molecular weight excluding hydrogens is 466 g/mol. The first-order chi connectivity index (χ1) is 18.0. The van der Waals surface area contributed by atoms with Gasteiger partial charge in [-0.1, -0.05) is 49.1 Å². The summed E-state index contributed by atoms with van der Waals surface area (Å²) in [5, 5.41) is 16.0. The standard InChI is InChI=1S/C29H31N5O3/c1-19-9-11-20(12-10-19)24(17-26(35)36)32-29(37)21-13-15-34-25(16-21)33-27(22-6-5-14-30-18-22)28(34)31-23-7-3-2-4-8-23/h5-6,9-16,18,23-24,31H,2-4,7-8,17H2,1H3,(H,32,37)(H,35,36). The first kappa shape index (κ1) is 24.5. The number of anilines is 1. The molecule has 37 heavy (non-hydrogen) atoms. The molecule has 1 aliphatic carbocycles. The minimum absolute atomic E-state index is 0.207. The number of hydrogen-bond acceptors (Lipinski definition) is 5. The van der Waals surface area contributed by atoms with Crippen LogP contribution >= 0.6 is 0 Å². The normalized spacial score (nSPS) is 14.8. The zero-order valence-electron chi connectivity index (χ0n) is 20.9. The highest BCUT2D eigenvalue weighted by atomic mass is 16.4. The Bertz CT molecular complexity index is 1390. The molecule has 3 aromatic heterocycles. The molecule has 190 valence electrons. The van der Waals surface area contributed by atoms with E-state index >= 15 is 0 Å². The predicted molar refractivity (Wildman–Crippen MR) is 143 cm³/mol. The molecule has 1 saturated carbocycles. The average molecular weight is 498 g/mol. The van der Waals surface area contributed by atoms with Gasteiger partial charge in [0.15, 0.2) is 0 Å². The quantitative estimate of drug-likeness (QED) is 0.301. The highest BCUT2D eigenvalue weighted by Crippen LogP contribution is 2.31. The van der Waals surface area contributed by atoms with E-state index in [1.807, 2.05) is 53.9 Å². The molecule has 0 spiro atoms. The van der Waals surface area contributed by atoms with Gasteiger partial charge in [-0.05, 0) is 49.6 Å². The number of carbonyl (C=O) groups is 2. The van der Waals surface area contributed by atoms with Gasteiger partial charge in [-0.25, -0.2) is 4.98 Å². The molecule has 0 radical (unpaired) electrons. The molecule has 3 heterocycles. The molecule has 0 bridgehead atoms. The maximum atomic E-state index is 13.2. The van der Waals surface area contributed by atoms with Crippen LogP contribution in [0.15, 0.2) is 67.1 Å². The van der Waals surface area contributed by atoms with E-state index in [-0.39, 0.29) is 12.3 Å². The Kier molecular flexibility index (Phi) is 7.16. The van der Waals surface area contributed by atoms with Crippen LogP contribution in [0.5, 0.6) is 0 Å². The van der Waals surface area contributed by atoms with Crippen molar-refractivity contribution >= 4 is 23.3 Å². The maximum Gasteiger partial charge on any atom is 0.305 e. The summed E-state index contributed by atoms with van der Waals surface area (Å²) in [5.74, 6) is -0.429. The van der Waals surface area contributed by atoms with E-state index in [1.54, 1.807) is 24.5 Å². The van der Waals surface area contributed by atoms with E-state index in [9.17, 15) is 14.7 Å². The van der Waals surface area contributed by atoms with Crippen LogP contribution in [0.25, 0.3) is 16.9 Å².